The second kappa shape index (κ2) is 2.56. The molecule has 0 radical (unpaired) electrons. The minimum absolute atomic E-state index is 1.14. The molecule has 0 heterocycles. The van der Waals surface area contributed by atoms with Crippen LogP contribution in [0.4, 0.5) is 0 Å². The molecule has 2 bridgehead atoms. The highest BCUT2D eigenvalue weighted by atomic mass is 14.4. The zero-order valence-electron chi connectivity index (χ0n) is 6.97. The number of hydrogen-bond acceptors (Lipinski definition) is 0. The van der Waals surface area contributed by atoms with Crippen molar-refractivity contribution in [3.8, 4) is 0 Å². The summed E-state index contributed by atoms with van der Waals surface area (Å²) < 4.78 is 0. The second-order valence-corrected chi connectivity index (χ2v) is 4.22. The van der Waals surface area contributed by atoms with Crippen molar-refractivity contribution >= 4 is 0 Å². The zero-order valence-corrected chi connectivity index (χ0v) is 6.97. The van der Waals surface area contributed by atoms with Crippen molar-refractivity contribution in [1.82, 2.24) is 0 Å². The van der Waals surface area contributed by atoms with Gasteiger partial charge in [0, 0.05) is 0 Å². The zero-order chi connectivity index (χ0) is 6.97. The lowest BCUT2D eigenvalue weighted by atomic mass is 9.86. The fourth-order valence-corrected chi connectivity index (χ4v) is 3.10. The van der Waals surface area contributed by atoms with E-state index in [1.807, 2.05) is 0 Å². The van der Waals surface area contributed by atoms with E-state index in [0.717, 1.165) is 17.8 Å². The van der Waals surface area contributed by atoms with Crippen LogP contribution in [0.2, 0.25) is 0 Å². The molecule has 0 aromatic rings. The maximum absolute atomic E-state index is 2.33. The van der Waals surface area contributed by atoms with E-state index < -0.39 is 0 Å². The van der Waals surface area contributed by atoms with E-state index in [4.69, 9.17) is 0 Å². The van der Waals surface area contributed by atoms with E-state index in [1.165, 1.54) is 12.8 Å². The van der Waals surface area contributed by atoms with Gasteiger partial charge < -0.3 is 0 Å². The lowest BCUT2D eigenvalue weighted by molar-refractivity contribution is 0.312. The van der Waals surface area contributed by atoms with E-state index in [0.29, 0.717) is 0 Å². The van der Waals surface area contributed by atoms with Gasteiger partial charge in [-0.25, -0.2) is 0 Å². The maximum atomic E-state index is 2.33. The van der Waals surface area contributed by atoms with Gasteiger partial charge in [0.2, 0.25) is 0 Å². The van der Waals surface area contributed by atoms with Crippen LogP contribution in [-0.2, 0) is 0 Å². The molecule has 0 heteroatoms. The highest BCUT2D eigenvalue weighted by Crippen LogP contribution is 2.49. The molecule has 3 unspecified atom stereocenters. The predicted molar refractivity (Wildman–Crippen MR) is 43.8 cm³/mol. The van der Waals surface area contributed by atoms with Gasteiger partial charge in [-0.2, -0.15) is 0 Å². The summed E-state index contributed by atoms with van der Waals surface area (Å²) in [5, 5.41) is 0. The Morgan fingerprint density at radius 1 is 1.20 bits per heavy atom. The van der Waals surface area contributed by atoms with Crippen molar-refractivity contribution in [2.24, 2.45) is 17.8 Å². The summed E-state index contributed by atoms with van der Waals surface area (Å²) in [4.78, 5) is 0. The fraction of sp³-hybridized carbons (Fsp3) is 1.00. The Hall–Kier alpha value is 0. The van der Waals surface area contributed by atoms with Crippen molar-refractivity contribution < 1.29 is 0 Å². The van der Waals surface area contributed by atoms with Gasteiger partial charge >= 0.3 is 0 Å². The van der Waals surface area contributed by atoms with Gasteiger partial charge in [0.15, 0.2) is 0 Å². The maximum Gasteiger partial charge on any atom is -0.0383 e. The molecule has 2 aliphatic carbocycles. The normalized spacial score (nSPS) is 44.7. The van der Waals surface area contributed by atoms with Crippen LogP contribution in [0.15, 0.2) is 0 Å². The quantitative estimate of drug-likeness (QED) is 0.549. The molecule has 0 nitrogen and oxygen atoms in total. The SMILES string of the molecule is CCCC1CC2CCC1C2. The first-order valence-electron chi connectivity index (χ1n) is 4.90. The van der Waals surface area contributed by atoms with Crippen molar-refractivity contribution in [3.63, 3.8) is 0 Å². The van der Waals surface area contributed by atoms with Crippen LogP contribution in [0.3, 0.4) is 0 Å². The van der Waals surface area contributed by atoms with Crippen LogP contribution in [0.25, 0.3) is 0 Å². The van der Waals surface area contributed by atoms with Crippen LogP contribution in [-0.4, -0.2) is 0 Å². The average molecular weight is 138 g/mol. The van der Waals surface area contributed by atoms with Crippen LogP contribution in [0.5, 0.6) is 0 Å². The molecule has 0 saturated heterocycles. The van der Waals surface area contributed by atoms with E-state index in [9.17, 15) is 0 Å². The van der Waals surface area contributed by atoms with E-state index in [2.05, 4.69) is 6.92 Å². The molecule has 2 aliphatic rings. The Morgan fingerprint density at radius 2 is 2.10 bits per heavy atom. The first-order chi connectivity index (χ1) is 4.90. The Morgan fingerprint density at radius 3 is 2.60 bits per heavy atom. The molecular formula is C10H18. The largest absolute Gasteiger partial charge is 0.0654 e. The van der Waals surface area contributed by atoms with Crippen molar-refractivity contribution in [2.45, 2.75) is 45.4 Å². The fourth-order valence-electron chi connectivity index (χ4n) is 3.10. The summed E-state index contributed by atoms with van der Waals surface area (Å²) in [7, 11) is 0. The Bertz CT molecular complexity index is 117. The minimum Gasteiger partial charge on any atom is -0.0654 e. The first-order valence-corrected chi connectivity index (χ1v) is 4.90. The summed E-state index contributed by atoms with van der Waals surface area (Å²) in [6, 6.07) is 0. The third-order valence-corrected chi connectivity index (χ3v) is 3.54. The molecule has 2 saturated carbocycles. The summed E-state index contributed by atoms with van der Waals surface area (Å²) in [6.07, 6.45) is 9.22. The van der Waals surface area contributed by atoms with Crippen LogP contribution in [0, 0.1) is 17.8 Å². The highest BCUT2D eigenvalue weighted by Gasteiger charge is 2.38. The number of fused-ring (bicyclic) bond motifs is 2. The van der Waals surface area contributed by atoms with Gasteiger partial charge in [-0.15, -0.1) is 0 Å². The van der Waals surface area contributed by atoms with Gasteiger partial charge in [-0.1, -0.05) is 26.2 Å². The molecule has 58 valence electrons. The Balaban J connectivity index is 1.90. The van der Waals surface area contributed by atoms with Gasteiger partial charge in [-0.05, 0) is 37.0 Å². The summed E-state index contributed by atoms with van der Waals surface area (Å²) in [6.45, 7) is 2.33. The molecule has 0 aliphatic heterocycles. The van der Waals surface area contributed by atoms with Crippen molar-refractivity contribution in [3.05, 3.63) is 0 Å². The van der Waals surface area contributed by atoms with E-state index in [1.54, 1.807) is 25.7 Å². The number of rotatable bonds is 2. The predicted octanol–water partition coefficient (Wildman–Crippen LogP) is 3.22. The molecule has 10 heavy (non-hydrogen) atoms. The molecule has 2 fully saturated rings. The van der Waals surface area contributed by atoms with Crippen LogP contribution < -0.4 is 0 Å². The van der Waals surface area contributed by atoms with Gasteiger partial charge in [-0.3, -0.25) is 0 Å². The third-order valence-electron chi connectivity index (χ3n) is 3.54. The third kappa shape index (κ3) is 0.980. The molecule has 0 aromatic heterocycles. The molecule has 3 atom stereocenters. The number of hydrogen-bond donors (Lipinski definition) is 0. The summed E-state index contributed by atoms with van der Waals surface area (Å²) >= 11 is 0. The van der Waals surface area contributed by atoms with Gasteiger partial charge in [0.05, 0.1) is 0 Å². The smallest absolute Gasteiger partial charge is 0.0383 e. The average Bonchev–Trinajstić information content (AvgIpc) is 2.48. The van der Waals surface area contributed by atoms with E-state index >= 15 is 0 Å². The van der Waals surface area contributed by atoms with Crippen molar-refractivity contribution in [1.29, 1.82) is 0 Å². The highest BCUT2D eigenvalue weighted by molar-refractivity contribution is 4.89. The lowest BCUT2D eigenvalue weighted by Crippen LogP contribution is -2.09. The Kier molecular flexibility index (Phi) is 1.71. The van der Waals surface area contributed by atoms with Gasteiger partial charge in [0.25, 0.3) is 0 Å². The van der Waals surface area contributed by atoms with Gasteiger partial charge in [0.1, 0.15) is 0 Å². The summed E-state index contributed by atoms with van der Waals surface area (Å²) in [5.41, 5.74) is 0. The monoisotopic (exact) mass is 138 g/mol. The topological polar surface area (TPSA) is 0 Å². The molecule has 0 aromatic carbocycles. The second-order valence-electron chi connectivity index (χ2n) is 4.22. The standard InChI is InChI=1S/C10H18/c1-2-3-9-6-8-4-5-10(9)7-8/h8-10H,2-7H2,1H3. The van der Waals surface area contributed by atoms with E-state index in [-0.39, 0.29) is 0 Å². The molecule has 2 rings (SSSR count). The minimum atomic E-state index is 1.14. The molecule has 0 spiro atoms. The summed E-state index contributed by atoms with van der Waals surface area (Å²) in [5.74, 6) is 3.45. The molecule has 0 amide bonds. The Labute approximate surface area is 64.0 Å². The first kappa shape index (κ1) is 6.69. The van der Waals surface area contributed by atoms with Crippen LogP contribution >= 0.6 is 0 Å². The molecular weight excluding hydrogens is 120 g/mol. The molecule has 0 N–H and O–H groups in total. The van der Waals surface area contributed by atoms with Crippen LogP contribution in [0.1, 0.15) is 45.4 Å². The lowest BCUT2D eigenvalue weighted by Gasteiger charge is -2.20. The van der Waals surface area contributed by atoms with Crippen molar-refractivity contribution in [2.75, 3.05) is 0 Å².